The molecule has 0 radical (unpaired) electrons. The van der Waals surface area contributed by atoms with Crippen molar-refractivity contribution in [1.82, 2.24) is 9.97 Å². The van der Waals surface area contributed by atoms with Crippen LogP contribution >= 0.6 is 0 Å². The summed E-state index contributed by atoms with van der Waals surface area (Å²) in [6.07, 6.45) is 5.25. The maximum atomic E-state index is 12.2. The summed E-state index contributed by atoms with van der Waals surface area (Å²) in [5.41, 5.74) is 3.44. The average molecular weight is 362 g/mol. The Balaban J connectivity index is 1.65. The second kappa shape index (κ2) is 8.94. The van der Waals surface area contributed by atoms with Crippen LogP contribution in [0.4, 0.5) is 0 Å². The Morgan fingerprint density at radius 3 is 2.26 bits per heavy atom. The number of ether oxygens (including phenoxy) is 2. The highest BCUT2D eigenvalue weighted by Crippen LogP contribution is 2.19. The average Bonchev–Trinajstić information content (AvgIpc) is 2.70. The summed E-state index contributed by atoms with van der Waals surface area (Å²) >= 11 is 0. The van der Waals surface area contributed by atoms with Gasteiger partial charge in [-0.3, -0.25) is 0 Å². The van der Waals surface area contributed by atoms with Crippen LogP contribution in [-0.2, 0) is 6.42 Å². The number of aromatic nitrogens is 2. The molecule has 2 aromatic carbocycles. The van der Waals surface area contributed by atoms with E-state index in [2.05, 4.69) is 29.0 Å². The van der Waals surface area contributed by atoms with Gasteiger partial charge in [-0.05, 0) is 43.2 Å². The molecule has 1 aromatic heterocycles. The van der Waals surface area contributed by atoms with E-state index >= 15 is 0 Å². The Hall–Kier alpha value is -3.21. The number of nitrogens with zero attached hydrogens (tertiary/aromatic N) is 2. The fraction of sp³-hybridized carbons (Fsp3) is 0.227. The third kappa shape index (κ3) is 4.91. The standard InChI is InChI=1S/C22H22N2O3/c1-3-5-16-6-8-17(9-7-16)20-14-24-21(15-23-20)27-22(25)18-10-12-19(13-11-18)26-4-2/h6-15H,3-5H2,1-2H3. The number of benzene rings is 2. The van der Waals surface area contributed by atoms with E-state index in [0.29, 0.717) is 17.9 Å². The van der Waals surface area contributed by atoms with E-state index in [1.807, 2.05) is 19.1 Å². The van der Waals surface area contributed by atoms with Gasteiger partial charge in [0.15, 0.2) is 0 Å². The quantitative estimate of drug-likeness (QED) is 0.570. The molecule has 0 saturated carbocycles. The summed E-state index contributed by atoms with van der Waals surface area (Å²) in [5, 5.41) is 0. The van der Waals surface area contributed by atoms with E-state index in [1.165, 1.54) is 11.8 Å². The van der Waals surface area contributed by atoms with Gasteiger partial charge in [0.2, 0.25) is 5.88 Å². The molecule has 0 fully saturated rings. The second-order valence-electron chi connectivity index (χ2n) is 6.03. The molecular formula is C22H22N2O3. The summed E-state index contributed by atoms with van der Waals surface area (Å²) in [5.74, 6) is 0.396. The molecule has 0 unspecified atom stereocenters. The van der Waals surface area contributed by atoms with Crippen LogP contribution in [-0.4, -0.2) is 22.5 Å². The lowest BCUT2D eigenvalue weighted by Crippen LogP contribution is -2.09. The fourth-order valence-corrected chi connectivity index (χ4v) is 2.66. The Bertz CT molecular complexity index is 873. The number of esters is 1. The molecular weight excluding hydrogens is 340 g/mol. The minimum Gasteiger partial charge on any atom is -0.494 e. The molecule has 5 nitrogen and oxygen atoms in total. The number of hydrogen-bond acceptors (Lipinski definition) is 5. The van der Waals surface area contributed by atoms with E-state index in [4.69, 9.17) is 9.47 Å². The predicted molar refractivity (Wildman–Crippen MR) is 104 cm³/mol. The van der Waals surface area contributed by atoms with Gasteiger partial charge in [-0.1, -0.05) is 37.6 Å². The highest BCUT2D eigenvalue weighted by molar-refractivity contribution is 5.90. The minimum atomic E-state index is -0.482. The van der Waals surface area contributed by atoms with Crippen molar-refractivity contribution < 1.29 is 14.3 Å². The molecule has 27 heavy (non-hydrogen) atoms. The number of aryl methyl sites for hydroxylation is 1. The first-order valence-corrected chi connectivity index (χ1v) is 9.06. The van der Waals surface area contributed by atoms with Crippen LogP contribution < -0.4 is 9.47 Å². The van der Waals surface area contributed by atoms with Crippen LogP contribution in [0.3, 0.4) is 0 Å². The molecule has 0 aliphatic rings. The first-order chi connectivity index (χ1) is 13.2. The largest absolute Gasteiger partial charge is 0.494 e. The lowest BCUT2D eigenvalue weighted by Gasteiger charge is -2.06. The first-order valence-electron chi connectivity index (χ1n) is 9.06. The Morgan fingerprint density at radius 2 is 1.67 bits per heavy atom. The van der Waals surface area contributed by atoms with Crippen molar-refractivity contribution >= 4 is 5.97 Å². The molecule has 0 atom stereocenters. The monoisotopic (exact) mass is 362 g/mol. The maximum Gasteiger partial charge on any atom is 0.344 e. The minimum absolute atomic E-state index is 0.167. The molecule has 3 rings (SSSR count). The zero-order valence-electron chi connectivity index (χ0n) is 15.5. The third-order valence-corrected chi connectivity index (χ3v) is 4.01. The summed E-state index contributed by atoms with van der Waals surface area (Å²) in [7, 11) is 0. The number of carbonyl (C=O) groups is 1. The molecule has 138 valence electrons. The molecule has 0 spiro atoms. The van der Waals surface area contributed by atoms with Gasteiger partial charge in [0.1, 0.15) is 5.75 Å². The first kappa shape index (κ1) is 18.6. The fourth-order valence-electron chi connectivity index (χ4n) is 2.66. The van der Waals surface area contributed by atoms with Crippen molar-refractivity contribution in [2.24, 2.45) is 0 Å². The Kier molecular flexibility index (Phi) is 6.15. The van der Waals surface area contributed by atoms with Crippen LogP contribution in [0.25, 0.3) is 11.3 Å². The highest BCUT2D eigenvalue weighted by atomic mass is 16.5. The SMILES string of the molecule is CCCc1ccc(-c2cnc(OC(=O)c3ccc(OCC)cc3)cn2)cc1. The van der Waals surface area contributed by atoms with E-state index in [-0.39, 0.29) is 5.88 Å². The lowest BCUT2D eigenvalue weighted by molar-refractivity contribution is 0.0727. The van der Waals surface area contributed by atoms with Crippen LogP contribution in [0.15, 0.2) is 60.9 Å². The van der Waals surface area contributed by atoms with Crippen LogP contribution in [0.5, 0.6) is 11.6 Å². The highest BCUT2D eigenvalue weighted by Gasteiger charge is 2.10. The van der Waals surface area contributed by atoms with Crippen molar-refractivity contribution in [3.8, 4) is 22.9 Å². The molecule has 0 bridgehead atoms. The third-order valence-electron chi connectivity index (χ3n) is 4.01. The summed E-state index contributed by atoms with van der Waals surface area (Å²) in [6, 6.07) is 15.0. The van der Waals surface area contributed by atoms with E-state index in [9.17, 15) is 4.79 Å². The number of carbonyl (C=O) groups excluding carboxylic acids is 1. The van der Waals surface area contributed by atoms with Crippen molar-refractivity contribution in [3.05, 3.63) is 72.1 Å². The summed E-state index contributed by atoms with van der Waals surface area (Å²) in [6.45, 7) is 4.64. The van der Waals surface area contributed by atoms with Gasteiger partial charge >= 0.3 is 5.97 Å². The van der Waals surface area contributed by atoms with E-state index < -0.39 is 5.97 Å². The summed E-state index contributed by atoms with van der Waals surface area (Å²) < 4.78 is 10.6. The van der Waals surface area contributed by atoms with Gasteiger partial charge in [-0.25, -0.2) is 14.8 Å². The van der Waals surface area contributed by atoms with Gasteiger partial charge in [0.05, 0.1) is 30.3 Å². The number of rotatable bonds is 7. The van der Waals surface area contributed by atoms with E-state index in [1.54, 1.807) is 30.5 Å². The van der Waals surface area contributed by atoms with Gasteiger partial charge in [-0.15, -0.1) is 0 Å². The van der Waals surface area contributed by atoms with Crippen molar-refractivity contribution in [2.45, 2.75) is 26.7 Å². The van der Waals surface area contributed by atoms with E-state index in [0.717, 1.165) is 24.1 Å². The van der Waals surface area contributed by atoms with Gasteiger partial charge in [-0.2, -0.15) is 0 Å². The van der Waals surface area contributed by atoms with Gasteiger partial charge in [0, 0.05) is 5.56 Å². The van der Waals surface area contributed by atoms with Crippen molar-refractivity contribution in [2.75, 3.05) is 6.61 Å². The Labute approximate surface area is 159 Å². The molecule has 0 aliphatic carbocycles. The molecule has 0 saturated heterocycles. The lowest BCUT2D eigenvalue weighted by atomic mass is 10.1. The molecule has 3 aromatic rings. The predicted octanol–water partition coefficient (Wildman–Crippen LogP) is 4.71. The van der Waals surface area contributed by atoms with Crippen molar-refractivity contribution in [1.29, 1.82) is 0 Å². The topological polar surface area (TPSA) is 61.3 Å². The maximum absolute atomic E-state index is 12.2. The van der Waals surface area contributed by atoms with Gasteiger partial charge < -0.3 is 9.47 Å². The number of hydrogen-bond donors (Lipinski definition) is 0. The normalized spacial score (nSPS) is 10.4. The zero-order chi connectivity index (χ0) is 19.1. The molecule has 5 heteroatoms. The summed E-state index contributed by atoms with van der Waals surface area (Å²) in [4.78, 5) is 20.8. The molecule has 1 heterocycles. The van der Waals surface area contributed by atoms with Crippen molar-refractivity contribution in [3.63, 3.8) is 0 Å². The zero-order valence-corrected chi connectivity index (χ0v) is 15.5. The second-order valence-corrected chi connectivity index (χ2v) is 6.03. The van der Waals surface area contributed by atoms with Crippen LogP contribution in [0.2, 0.25) is 0 Å². The molecule has 0 aliphatic heterocycles. The van der Waals surface area contributed by atoms with Crippen LogP contribution in [0, 0.1) is 0 Å². The smallest absolute Gasteiger partial charge is 0.344 e. The van der Waals surface area contributed by atoms with Crippen LogP contribution in [0.1, 0.15) is 36.2 Å². The molecule has 0 N–H and O–H groups in total. The molecule has 0 amide bonds. The van der Waals surface area contributed by atoms with Gasteiger partial charge in [0.25, 0.3) is 0 Å². The Morgan fingerprint density at radius 1 is 0.926 bits per heavy atom.